The van der Waals surface area contributed by atoms with Crippen molar-refractivity contribution in [2.75, 3.05) is 31.9 Å². The fraction of sp³-hybridized carbons (Fsp3) is 0.615. The van der Waals surface area contributed by atoms with Gasteiger partial charge in [-0.3, -0.25) is 4.79 Å². The molecule has 190 valence electrons. The van der Waals surface area contributed by atoms with E-state index in [1.807, 2.05) is 18.2 Å². The van der Waals surface area contributed by atoms with Crippen LogP contribution in [0.1, 0.15) is 72.7 Å². The fourth-order valence-electron chi connectivity index (χ4n) is 5.35. The van der Waals surface area contributed by atoms with E-state index in [0.29, 0.717) is 37.5 Å². The normalized spacial score (nSPS) is 24.0. The van der Waals surface area contributed by atoms with Crippen LogP contribution in [0.15, 0.2) is 40.9 Å². The highest BCUT2D eigenvalue weighted by atomic mass is 32.2. The lowest BCUT2D eigenvalue weighted by Gasteiger charge is -2.39. The van der Waals surface area contributed by atoms with E-state index >= 15 is 0 Å². The summed E-state index contributed by atoms with van der Waals surface area (Å²) in [5.74, 6) is 1.11. The van der Waals surface area contributed by atoms with Crippen molar-refractivity contribution in [3.8, 4) is 0 Å². The van der Waals surface area contributed by atoms with Crippen molar-refractivity contribution in [3.63, 3.8) is 0 Å². The minimum atomic E-state index is -3.38. The van der Waals surface area contributed by atoms with Gasteiger partial charge < -0.3 is 14.7 Å². The molecule has 1 saturated carbocycles. The Morgan fingerprint density at radius 2 is 1.86 bits per heavy atom. The molecule has 0 unspecified atom stereocenters. The van der Waals surface area contributed by atoms with E-state index in [4.69, 9.17) is 4.52 Å². The first-order valence-corrected chi connectivity index (χ1v) is 14.6. The fourth-order valence-corrected chi connectivity index (χ4v) is 7.10. The van der Waals surface area contributed by atoms with Crippen LogP contribution in [0, 0.1) is 0 Å². The first-order chi connectivity index (χ1) is 17.0. The lowest BCUT2D eigenvalue weighted by molar-refractivity contribution is 0.0900. The molecule has 0 bridgehead atoms. The highest BCUT2D eigenvalue weighted by Crippen LogP contribution is 2.40. The highest BCUT2D eigenvalue weighted by molar-refractivity contribution is 7.89. The molecule has 2 atom stereocenters. The zero-order valence-electron chi connectivity index (χ0n) is 20.3. The van der Waals surface area contributed by atoms with Gasteiger partial charge in [0.25, 0.3) is 5.91 Å². The molecule has 0 radical (unpaired) electrons. The maximum atomic E-state index is 13.4. The van der Waals surface area contributed by atoms with Crippen molar-refractivity contribution in [3.05, 3.63) is 53.4 Å². The summed E-state index contributed by atoms with van der Waals surface area (Å²) in [6.45, 7) is 3.01. The summed E-state index contributed by atoms with van der Waals surface area (Å²) in [6, 6.07) is 11.7. The van der Waals surface area contributed by atoms with Crippen LogP contribution >= 0.6 is 0 Å². The molecule has 3 fully saturated rings. The Labute approximate surface area is 208 Å². The number of nitrogens with zero attached hydrogens (tertiary/aromatic N) is 3. The first kappa shape index (κ1) is 24.5. The number of benzene rings is 1. The number of carbonyl (C=O) groups is 1. The van der Waals surface area contributed by atoms with Crippen LogP contribution in [-0.4, -0.2) is 72.7 Å². The number of sulfonamides is 1. The summed E-state index contributed by atoms with van der Waals surface area (Å²) in [5.41, 5.74) is 1.51. The Hall–Kier alpha value is -2.23. The number of aromatic nitrogens is 1. The number of nitrogens with one attached hydrogen (secondary N) is 1. The molecule has 1 N–H and O–H groups in total. The number of carbonyl (C=O) groups excluding carboxylic acids is 1. The van der Waals surface area contributed by atoms with Gasteiger partial charge in [-0.05, 0) is 70.0 Å². The van der Waals surface area contributed by atoms with Crippen LogP contribution < -0.4 is 5.32 Å². The van der Waals surface area contributed by atoms with Gasteiger partial charge in [0.2, 0.25) is 10.0 Å². The number of rotatable bonds is 10. The second-order valence-corrected chi connectivity index (χ2v) is 12.3. The Bertz CT molecular complexity index is 1090. The van der Waals surface area contributed by atoms with E-state index in [0.717, 1.165) is 57.4 Å². The molecular weight excluding hydrogens is 464 g/mol. The molecule has 2 aromatic rings. The van der Waals surface area contributed by atoms with Gasteiger partial charge in [0, 0.05) is 37.2 Å². The molecule has 0 spiro atoms. The highest BCUT2D eigenvalue weighted by Gasteiger charge is 2.37. The summed E-state index contributed by atoms with van der Waals surface area (Å²) in [7, 11) is -3.38. The number of amides is 1. The van der Waals surface area contributed by atoms with Crippen LogP contribution in [0.3, 0.4) is 0 Å². The largest absolute Gasteiger partial charge is 0.360 e. The second-order valence-electron chi connectivity index (χ2n) is 10.2. The average Bonchev–Trinajstić information content (AvgIpc) is 3.35. The monoisotopic (exact) mass is 500 g/mol. The molecule has 3 aliphatic rings. The van der Waals surface area contributed by atoms with Crippen LogP contribution in [-0.2, 0) is 16.4 Å². The minimum Gasteiger partial charge on any atom is -0.360 e. The summed E-state index contributed by atoms with van der Waals surface area (Å²) in [6.07, 6.45) is 7.22. The molecule has 1 aromatic carbocycles. The van der Waals surface area contributed by atoms with Gasteiger partial charge in [0.05, 0.1) is 5.75 Å². The number of hydrogen-bond donors (Lipinski definition) is 1. The van der Waals surface area contributed by atoms with E-state index < -0.39 is 10.0 Å². The Morgan fingerprint density at radius 1 is 1.09 bits per heavy atom. The van der Waals surface area contributed by atoms with E-state index in [2.05, 4.69) is 27.5 Å². The van der Waals surface area contributed by atoms with Crippen molar-refractivity contribution in [1.82, 2.24) is 19.7 Å². The topological polar surface area (TPSA) is 95.8 Å². The van der Waals surface area contributed by atoms with Crippen LogP contribution in [0.2, 0.25) is 0 Å². The van der Waals surface area contributed by atoms with Crippen molar-refractivity contribution in [1.29, 1.82) is 0 Å². The standard InChI is InChI=1S/C26H36N4O4S/c31-26(24-19-25(34-28-24)21-9-10-21)27-22-12-15-30(35(32,33)17-16-29-13-4-5-14-29)23(18-22)11-8-20-6-2-1-3-7-20/h1-3,6-7,19,21-23H,4-5,8-18H2,(H,27,31)/t22-,23+/m0/s1. The van der Waals surface area contributed by atoms with Gasteiger partial charge in [-0.15, -0.1) is 0 Å². The summed E-state index contributed by atoms with van der Waals surface area (Å²) in [4.78, 5) is 15.1. The third-order valence-electron chi connectivity index (χ3n) is 7.57. The lowest BCUT2D eigenvalue weighted by Crippen LogP contribution is -2.53. The first-order valence-electron chi connectivity index (χ1n) is 13.0. The lowest BCUT2D eigenvalue weighted by atomic mass is 9.94. The van der Waals surface area contributed by atoms with Gasteiger partial charge in [0.1, 0.15) is 5.76 Å². The van der Waals surface area contributed by atoms with Gasteiger partial charge in [0.15, 0.2) is 5.69 Å². The molecule has 9 heteroatoms. The molecule has 3 heterocycles. The van der Waals surface area contributed by atoms with E-state index in [1.54, 1.807) is 10.4 Å². The quantitative estimate of drug-likeness (QED) is 0.538. The van der Waals surface area contributed by atoms with Crippen LogP contribution in [0.25, 0.3) is 0 Å². The predicted octanol–water partition coefficient (Wildman–Crippen LogP) is 3.17. The van der Waals surface area contributed by atoms with Crippen molar-refractivity contribution in [2.24, 2.45) is 0 Å². The Kier molecular flexibility index (Phi) is 7.55. The molecule has 2 saturated heterocycles. The van der Waals surface area contributed by atoms with E-state index in [-0.39, 0.29) is 23.7 Å². The number of likely N-dealkylation sites (tertiary alicyclic amines) is 1. The van der Waals surface area contributed by atoms with Crippen LogP contribution in [0.4, 0.5) is 0 Å². The van der Waals surface area contributed by atoms with Crippen molar-refractivity contribution >= 4 is 15.9 Å². The average molecular weight is 501 g/mol. The zero-order valence-corrected chi connectivity index (χ0v) is 21.1. The van der Waals surface area contributed by atoms with Gasteiger partial charge in [-0.25, -0.2) is 8.42 Å². The summed E-state index contributed by atoms with van der Waals surface area (Å²) >= 11 is 0. The second kappa shape index (κ2) is 10.8. The molecule has 1 aliphatic carbocycles. The molecule has 1 aromatic heterocycles. The maximum absolute atomic E-state index is 13.4. The third kappa shape index (κ3) is 6.32. The van der Waals surface area contributed by atoms with Gasteiger partial charge in [-0.1, -0.05) is 35.5 Å². The molecule has 5 rings (SSSR count). The van der Waals surface area contributed by atoms with Gasteiger partial charge >= 0.3 is 0 Å². The minimum absolute atomic E-state index is 0.0885. The number of piperidine rings is 1. The smallest absolute Gasteiger partial charge is 0.273 e. The Morgan fingerprint density at radius 3 is 2.60 bits per heavy atom. The number of aryl methyl sites for hydroxylation is 1. The van der Waals surface area contributed by atoms with Gasteiger partial charge in [-0.2, -0.15) is 4.31 Å². The van der Waals surface area contributed by atoms with E-state index in [1.165, 1.54) is 5.56 Å². The third-order valence-corrected chi connectivity index (χ3v) is 9.46. The SMILES string of the molecule is O=C(N[C@H]1CCN(S(=O)(=O)CCN2CCCC2)[C@H](CCc2ccccc2)C1)c1cc(C2CC2)on1. The maximum Gasteiger partial charge on any atom is 0.273 e. The summed E-state index contributed by atoms with van der Waals surface area (Å²) < 4.78 is 33.8. The van der Waals surface area contributed by atoms with E-state index in [9.17, 15) is 13.2 Å². The molecule has 35 heavy (non-hydrogen) atoms. The molecular formula is C26H36N4O4S. The molecule has 1 amide bonds. The van der Waals surface area contributed by atoms with Crippen LogP contribution in [0.5, 0.6) is 0 Å². The Balaban J connectivity index is 1.23. The van der Waals surface area contributed by atoms with Crippen molar-refractivity contribution < 1.29 is 17.7 Å². The summed E-state index contributed by atoms with van der Waals surface area (Å²) in [5, 5.41) is 7.05. The van der Waals surface area contributed by atoms with Crippen molar-refractivity contribution in [2.45, 2.75) is 69.4 Å². The predicted molar refractivity (Wildman–Crippen MR) is 134 cm³/mol. The molecule has 2 aliphatic heterocycles. The number of hydrogen-bond acceptors (Lipinski definition) is 6. The molecule has 8 nitrogen and oxygen atoms in total. The zero-order chi connectivity index (χ0) is 24.3.